The van der Waals surface area contributed by atoms with Crippen LogP contribution in [0.2, 0.25) is 0 Å². The van der Waals surface area contributed by atoms with Crippen LogP contribution in [0, 0.1) is 5.82 Å². The van der Waals surface area contributed by atoms with E-state index in [1.807, 2.05) is 0 Å². The van der Waals surface area contributed by atoms with Gasteiger partial charge in [0.1, 0.15) is 5.82 Å². The highest BCUT2D eigenvalue weighted by Gasteiger charge is 2.32. The van der Waals surface area contributed by atoms with Gasteiger partial charge >= 0.3 is 0 Å². The molecule has 28 heavy (non-hydrogen) atoms. The number of benzene rings is 2. The van der Waals surface area contributed by atoms with Crippen molar-refractivity contribution in [2.75, 3.05) is 10.6 Å². The molecular formula is C19H20FN3O4S. The van der Waals surface area contributed by atoms with Crippen LogP contribution in [0.15, 0.2) is 42.5 Å². The first-order valence-electron chi connectivity index (χ1n) is 8.61. The number of sulfonamides is 1. The Morgan fingerprint density at radius 3 is 2.46 bits per heavy atom. The molecule has 0 fully saturated rings. The summed E-state index contributed by atoms with van der Waals surface area (Å²) in [5, 5.41) is 0. The van der Waals surface area contributed by atoms with E-state index in [4.69, 9.17) is 0 Å². The average Bonchev–Trinajstić information content (AvgIpc) is 2.96. The lowest BCUT2D eigenvalue weighted by Crippen LogP contribution is -2.42. The third kappa shape index (κ3) is 4.30. The summed E-state index contributed by atoms with van der Waals surface area (Å²) in [7, 11) is -3.40. The maximum atomic E-state index is 12.9. The molecule has 1 aliphatic heterocycles. The molecule has 2 aromatic carbocycles. The first-order valence-corrected chi connectivity index (χ1v) is 10.5. The number of hydrogen-bond donors (Lipinski definition) is 2. The van der Waals surface area contributed by atoms with Crippen LogP contribution >= 0.6 is 0 Å². The summed E-state index contributed by atoms with van der Waals surface area (Å²) < 4.78 is 38.1. The number of rotatable bonds is 4. The first kappa shape index (κ1) is 19.8. The molecule has 1 atom stereocenters. The maximum Gasteiger partial charge on any atom is 0.269 e. The lowest BCUT2D eigenvalue weighted by molar-refractivity contribution is -0.121. The molecule has 0 aliphatic carbocycles. The number of hydrazine groups is 1. The molecule has 0 aromatic heterocycles. The summed E-state index contributed by atoms with van der Waals surface area (Å²) in [5.41, 5.74) is 6.88. The van der Waals surface area contributed by atoms with E-state index in [2.05, 4.69) is 10.9 Å². The lowest BCUT2D eigenvalue weighted by atomic mass is 10.1. The summed E-state index contributed by atoms with van der Waals surface area (Å²) in [4.78, 5) is 24.2. The number of anilines is 1. The van der Waals surface area contributed by atoms with Crippen molar-refractivity contribution in [1.82, 2.24) is 10.9 Å². The van der Waals surface area contributed by atoms with E-state index >= 15 is 0 Å². The van der Waals surface area contributed by atoms with Crippen molar-refractivity contribution in [2.45, 2.75) is 25.8 Å². The molecule has 3 rings (SSSR count). The Kier molecular flexibility index (Phi) is 5.37. The molecule has 0 bridgehead atoms. The Morgan fingerprint density at radius 1 is 1.14 bits per heavy atom. The molecular weight excluding hydrogens is 385 g/mol. The molecule has 0 radical (unpaired) electrons. The molecule has 1 heterocycles. The highest BCUT2D eigenvalue weighted by Crippen LogP contribution is 2.34. The SMILES string of the molecule is C[C@@H]1Cc2cc(C(=O)NNC(=O)Cc3ccc(F)cc3)ccc2N1S(C)(=O)=O. The van der Waals surface area contributed by atoms with Gasteiger partial charge in [-0.3, -0.25) is 24.7 Å². The predicted molar refractivity (Wildman–Crippen MR) is 103 cm³/mol. The number of nitrogens with zero attached hydrogens (tertiary/aromatic N) is 1. The van der Waals surface area contributed by atoms with Gasteiger partial charge in [-0.2, -0.15) is 0 Å². The number of amides is 2. The van der Waals surface area contributed by atoms with E-state index in [1.54, 1.807) is 19.1 Å². The highest BCUT2D eigenvalue weighted by atomic mass is 32.2. The van der Waals surface area contributed by atoms with Crippen LogP contribution in [-0.2, 0) is 27.7 Å². The third-order valence-corrected chi connectivity index (χ3v) is 5.72. The van der Waals surface area contributed by atoms with Crippen LogP contribution in [0.3, 0.4) is 0 Å². The van der Waals surface area contributed by atoms with E-state index in [-0.39, 0.29) is 12.5 Å². The fourth-order valence-corrected chi connectivity index (χ4v) is 4.54. The smallest absolute Gasteiger partial charge is 0.269 e. The van der Waals surface area contributed by atoms with E-state index in [0.29, 0.717) is 23.2 Å². The molecule has 0 spiro atoms. The molecule has 0 saturated heterocycles. The van der Waals surface area contributed by atoms with Gasteiger partial charge in [0.25, 0.3) is 5.91 Å². The van der Waals surface area contributed by atoms with E-state index < -0.39 is 27.7 Å². The quantitative estimate of drug-likeness (QED) is 0.755. The van der Waals surface area contributed by atoms with Gasteiger partial charge < -0.3 is 0 Å². The van der Waals surface area contributed by atoms with Crippen molar-refractivity contribution in [3.05, 3.63) is 65.0 Å². The van der Waals surface area contributed by atoms with Crippen LogP contribution < -0.4 is 15.2 Å². The van der Waals surface area contributed by atoms with Crippen LogP contribution in [0.25, 0.3) is 0 Å². The van der Waals surface area contributed by atoms with Crippen molar-refractivity contribution in [3.63, 3.8) is 0 Å². The highest BCUT2D eigenvalue weighted by molar-refractivity contribution is 7.92. The van der Waals surface area contributed by atoms with Crippen molar-refractivity contribution in [2.24, 2.45) is 0 Å². The number of hydrogen-bond acceptors (Lipinski definition) is 4. The maximum absolute atomic E-state index is 12.9. The van der Waals surface area contributed by atoms with Crippen LogP contribution in [0.1, 0.15) is 28.4 Å². The number of carbonyl (C=O) groups is 2. The number of carbonyl (C=O) groups excluding carboxylic acids is 2. The molecule has 9 heteroatoms. The molecule has 2 N–H and O–H groups in total. The zero-order valence-electron chi connectivity index (χ0n) is 15.4. The summed E-state index contributed by atoms with van der Waals surface area (Å²) in [5.74, 6) is -1.35. The zero-order valence-corrected chi connectivity index (χ0v) is 16.2. The largest absolute Gasteiger partial charge is 0.273 e. The average molecular weight is 405 g/mol. The minimum absolute atomic E-state index is 0.00835. The minimum Gasteiger partial charge on any atom is -0.273 e. The van der Waals surface area contributed by atoms with E-state index in [9.17, 15) is 22.4 Å². The van der Waals surface area contributed by atoms with Crippen LogP contribution in [-0.4, -0.2) is 32.5 Å². The summed E-state index contributed by atoms with van der Waals surface area (Å²) in [6, 6.07) is 10.00. The molecule has 1 aliphatic rings. The van der Waals surface area contributed by atoms with Crippen molar-refractivity contribution < 1.29 is 22.4 Å². The molecule has 148 valence electrons. The second-order valence-electron chi connectivity index (χ2n) is 6.76. The van der Waals surface area contributed by atoms with Gasteiger partial charge in [0.2, 0.25) is 15.9 Å². The second-order valence-corrected chi connectivity index (χ2v) is 8.62. The molecule has 2 amide bonds. The van der Waals surface area contributed by atoms with E-state index in [1.165, 1.54) is 34.6 Å². The normalized spacial score (nSPS) is 15.8. The Hall–Kier alpha value is -2.94. The third-order valence-electron chi connectivity index (χ3n) is 4.45. The molecule has 0 unspecified atom stereocenters. The van der Waals surface area contributed by atoms with Crippen LogP contribution in [0.4, 0.5) is 10.1 Å². The zero-order chi connectivity index (χ0) is 20.5. The lowest BCUT2D eigenvalue weighted by Gasteiger charge is -2.21. The Labute approximate surface area is 162 Å². The van der Waals surface area contributed by atoms with Gasteiger partial charge in [-0.1, -0.05) is 12.1 Å². The van der Waals surface area contributed by atoms with Gasteiger partial charge in [0.15, 0.2) is 0 Å². The standard InChI is InChI=1S/C19H20FN3O4S/c1-12-9-15-11-14(5-8-17(15)23(12)28(2,26)27)19(25)22-21-18(24)10-13-3-6-16(20)7-4-13/h3-8,11-12H,9-10H2,1-2H3,(H,21,24)(H,22,25)/t12-/m1/s1. The van der Waals surface area contributed by atoms with E-state index in [0.717, 1.165) is 11.8 Å². The fraction of sp³-hybridized carbons (Fsp3) is 0.263. The van der Waals surface area contributed by atoms with Crippen molar-refractivity contribution in [3.8, 4) is 0 Å². The second kappa shape index (κ2) is 7.59. The Morgan fingerprint density at radius 2 is 1.82 bits per heavy atom. The Bertz CT molecular complexity index is 1020. The number of halogens is 1. The number of nitrogens with one attached hydrogen (secondary N) is 2. The van der Waals surface area contributed by atoms with Gasteiger partial charge in [-0.05, 0) is 54.8 Å². The van der Waals surface area contributed by atoms with Crippen molar-refractivity contribution >= 4 is 27.5 Å². The van der Waals surface area contributed by atoms with Gasteiger partial charge in [-0.15, -0.1) is 0 Å². The Balaban J connectivity index is 1.63. The first-order chi connectivity index (χ1) is 13.1. The summed E-state index contributed by atoms with van der Waals surface area (Å²) in [6.07, 6.45) is 1.64. The van der Waals surface area contributed by atoms with Gasteiger partial charge in [-0.25, -0.2) is 12.8 Å². The molecule has 7 nitrogen and oxygen atoms in total. The van der Waals surface area contributed by atoms with Gasteiger partial charge in [0.05, 0.1) is 18.4 Å². The van der Waals surface area contributed by atoms with Crippen molar-refractivity contribution in [1.29, 1.82) is 0 Å². The summed E-state index contributed by atoms with van der Waals surface area (Å²) >= 11 is 0. The summed E-state index contributed by atoms with van der Waals surface area (Å²) in [6.45, 7) is 1.80. The van der Waals surface area contributed by atoms with Gasteiger partial charge in [0, 0.05) is 11.6 Å². The van der Waals surface area contributed by atoms with Crippen LogP contribution in [0.5, 0.6) is 0 Å². The fourth-order valence-electron chi connectivity index (χ4n) is 3.28. The molecule has 2 aromatic rings. The predicted octanol–water partition coefficient (Wildman–Crippen LogP) is 1.54. The molecule has 0 saturated carbocycles. The minimum atomic E-state index is -3.40. The monoisotopic (exact) mass is 405 g/mol. The topological polar surface area (TPSA) is 95.6 Å². The number of fused-ring (bicyclic) bond motifs is 1.